The molecule has 0 spiro atoms. The Morgan fingerprint density at radius 3 is 2.57 bits per heavy atom. The predicted molar refractivity (Wildman–Crippen MR) is 127 cm³/mol. The molecule has 0 aromatic heterocycles. The Kier molecular flexibility index (Phi) is 10.1. The van der Waals surface area contributed by atoms with Crippen molar-refractivity contribution in [2.75, 3.05) is 11.9 Å². The third-order valence-electron chi connectivity index (χ3n) is 4.59. The van der Waals surface area contributed by atoms with Gasteiger partial charge in [-0.2, -0.15) is 0 Å². The van der Waals surface area contributed by atoms with E-state index in [-0.39, 0.29) is 17.1 Å². The highest BCUT2D eigenvalue weighted by Crippen LogP contribution is 2.18. The normalized spacial score (nSPS) is 11.4. The lowest BCUT2D eigenvalue weighted by Crippen LogP contribution is -2.34. The highest BCUT2D eigenvalue weighted by atomic mass is 32.1. The summed E-state index contributed by atoms with van der Waals surface area (Å²) in [6.45, 7) is 6.93. The highest BCUT2D eigenvalue weighted by Gasteiger charge is 2.10. The molecule has 6 heteroatoms. The molecular formula is C24H32N2O3S. The molecular weight excluding hydrogens is 396 g/mol. The molecule has 0 aliphatic heterocycles. The number of rotatable bonds is 11. The Morgan fingerprint density at radius 2 is 1.80 bits per heavy atom. The molecule has 0 saturated heterocycles. The van der Waals surface area contributed by atoms with Crippen LogP contribution in [0.4, 0.5) is 5.69 Å². The summed E-state index contributed by atoms with van der Waals surface area (Å²) in [6.07, 6.45) is 5.63. The average Bonchev–Trinajstić information content (AvgIpc) is 2.74. The Labute approximate surface area is 185 Å². The molecule has 5 nitrogen and oxygen atoms in total. The maximum absolute atomic E-state index is 12.5. The van der Waals surface area contributed by atoms with Gasteiger partial charge in [-0.15, -0.1) is 0 Å². The van der Waals surface area contributed by atoms with Crippen LogP contribution in [0.3, 0.4) is 0 Å². The summed E-state index contributed by atoms with van der Waals surface area (Å²) in [7, 11) is 0. The van der Waals surface area contributed by atoms with Crippen molar-refractivity contribution in [1.82, 2.24) is 5.32 Å². The lowest BCUT2D eigenvalue weighted by atomic mass is 10.2. The largest absolute Gasteiger partial charge is 0.494 e. The summed E-state index contributed by atoms with van der Waals surface area (Å²) >= 11 is 5.30. The summed E-state index contributed by atoms with van der Waals surface area (Å²) in [5.41, 5.74) is 1.25. The van der Waals surface area contributed by atoms with Crippen molar-refractivity contribution in [2.45, 2.75) is 59.0 Å². The van der Waals surface area contributed by atoms with Crippen LogP contribution in [0.2, 0.25) is 0 Å². The van der Waals surface area contributed by atoms with Gasteiger partial charge in [0.05, 0.1) is 12.7 Å². The van der Waals surface area contributed by atoms with Gasteiger partial charge in [-0.3, -0.25) is 10.1 Å². The Morgan fingerprint density at radius 1 is 1.03 bits per heavy atom. The number of anilines is 1. The lowest BCUT2D eigenvalue weighted by Gasteiger charge is -2.14. The monoisotopic (exact) mass is 428 g/mol. The molecule has 2 N–H and O–H groups in total. The van der Waals surface area contributed by atoms with E-state index in [4.69, 9.17) is 21.7 Å². The molecule has 0 aliphatic carbocycles. The van der Waals surface area contributed by atoms with E-state index in [0.29, 0.717) is 17.9 Å². The number of ether oxygens (including phenoxy) is 2. The molecule has 0 bridgehead atoms. The maximum atomic E-state index is 12.5. The Bertz CT molecular complexity index is 826. The Balaban J connectivity index is 1.87. The van der Waals surface area contributed by atoms with E-state index in [1.54, 1.807) is 18.2 Å². The van der Waals surface area contributed by atoms with Gasteiger partial charge >= 0.3 is 0 Å². The molecule has 162 valence electrons. The van der Waals surface area contributed by atoms with Crippen molar-refractivity contribution >= 4 is 28.9 Å². The molecule has 0 fully saturated rings. The maximum Gasteiger partial charge on any atom is 0.257 e. The van der Waals surface area contributed by atoms with E-state index < -0.39 is 0 Å². The number of carbonyl (C=O) groups excluding carboxylic acids is 1. The second-order valence-corrected chi connectivity index (χ2v) is 7.62. The van der Waals surface area contributed by atoms with Gasteiger partial charge in [0.15, 0.2) is 5.11 Å². The fourth-order valence-electron chi connectivity index (χ4n) is 2.75. The van der Waals surface area contributed by atoms with Gasteiger partial charge in [-0.1, -0.05) is 45.2 Å². The van der Waals surface area contributed by atoms with E-state index >= 15 is 0 Å². The number of benzene rings is 2. The van der Waals surface area contributed by atoms with Crippen LogP contribution >= 0.6 is 12.2 Å². The molecule has 0 heterocycles. The first-order chi connectivity index (χ1) is 14.5. The molecule has 1 unspecified atom stereocenters. The molecule has 2 aromatic rings. The minimum absolute atomic E-state index is 0.0900. The number of hydrogen-bond acceptors (Lipinski definition) is 4. The van der Waals surface area contributed by atoms with Crippen molar-refractivity contribution in [1.29, 1.82) is 0 Å². The summed E-state index contributed by atoms with van der Waals surface area (Å²) in [5, 5.41) is 5.98. The minimum Gasteiger partial charge on any atom is -0.494 e. The standard InChI is InChI=1S/C24H32N2O3S/c1-4-6-7-8-15-28-21-13-10-12-20(17-21)25-24(30)26-23(27)19-11-9-14-22(16-19)29-18(3)5-2/h9-14,16-18H,4-8,15H2,1-3H3,(H2,25,26,27,30). The molecule has 2 aromatic carbocycles. The highest BCUT2D eigenvalue weighted by molar-refractivity contribution is 7.80. The fraction of sp³-hybridized carbons (Fsp3) is 0.417. The van der Waals surface area contributed by atoms with Crippen LogP contribution in [0, 0.1) is 0 Å². The zero-order chi connectivity index (χ0) is 21.8. The third-order valence-corrected chi connectivity index (χ3v) is 4.80. The first-order valence-corrected chi connectivity index (χ1v) is 11.0. The predicted octanol–water partition coefficient (Wildman–Crippen LogP) is 5.95. The van der Waals surface area contributed by atoms with Gasteiger partial charge in [0.25, 0.3) is 5.91 Å². The number of unbranched alkanes of at least 4 members (excludes halogenated alkanes) is 3. The van der Waals surface area contributed by atoms with Crippen LogP contribution in [0.25, 0.3) is 0 Å². The molecule has 0 saturated carbocycles. The number of nitrogens with one attached hydrogen (secondary N) is 2. The molecule has 0 aliphatic rings. The van der Waals surface area contributed by atoms with E-state index in [1.807, 2.05) is 37.3 Å². The second-order valence-electron chi connectivity index (χ2n) is 7.21. The smallest absolute Gasteiger partial charge is 0.257 e. The van der Waals surface area contributed by atoms with Crippen LogP contribution in [0.5, 0.6) is 11.5 Å². The molecule has 30 heavy (non-hydrogen) atoms. The first kappa shape index (κ1) is 23.7. The van der Waals surface area contributed by atoms with Crippen LogP contribution in [-0.2, 0) is 0 Å². The van der Waals surface area contributed by atoms with Crippen molar-refractivity contribution in [3.05, 3.63) is 54.1 Å². The van der Waals surface area contributed by atoms with Crippen LogP contribution in [0.15, 0.2) is 48.5 Å². The molecule has 2 rings (SSSR count). The van der Waals surface area contributed by atoms with Gasteiger partial charge in [0.2, 0.25) is 0 Å². The van der Waals surface area contributed by atoms with Gasteiger partial charge in [0, 0.05) is 17.3 Å². The lowest BCUT2D eigenvalue weighted by molar-refractivity contribution is 0.0977. The van der Waals surface area contributed by atoms with E-state index in [1.165, 1.54) is 19.3 Å². The zero-order valence-electron chi connectivity index (χ0n) is 18.1. The van der Waals surface area contributed by atoms with E-state index in [9.17, 15) is 4.79 Å². The summed E-state index contributed by atoms with van der Waals surface area (Å²) in [4.78, 5) is 12.5. The topological polar surface area (TPSA) is 59.6 Å². The van der Waals surface area contributed by atoms with E-state index in [2.05, 4.69) is 24.5 Å². The molecule has 1 amide bonds. The summed E-state index contributed by atoms with van der Waals surface area (Å²) in [5.74, 6) is 1.16. The fourth-order valence-corrected chi connectivity index (χ4v) is 2.96. The summed E-state index contributed by atoms with van der Waals surface area (Å²) < 4.78 is 11.6. The SMILES string of the molecule is CCCCCCOc1cccc(NC(=S)NC(=O)c2cccc(OC(C)CC)c2)c1. The van der Waals surface area contributed by atoms with Crippen LogP contribution < -0.4 is 20.1 Å². The van der Waals surface area contributed by atoms with Gasteiger partial charge in [0.1, 0.15) is 11.5 Å². The minimum atomic E-state index is -0.287. The first-order valence-electron chi connectivity index (χ1n) is 10.6. The third kappa shape index (κ3) is 8.41. The molecule has 1 atom stereocenters. The molecule has 0 radical (unpaired) electrons. The Hall–Kier alpha value is -2.60. The quantitative estimate of drug-likeness (QED) is 0.342. The number of carbonyl (C=O) groups is 1. The van der Waals surface area contributed by atoms with Crippen molar-refractivity contribution < 1.29 is 14.3 Å². The van der Waals surface area contributed by atoms with Crippen molar-refractivity contribution in [2.24, 2.45) is 0 Å². The zero-order valence-corrected chi connectivity index (χ0v) is 18.9. The number of thiocarbonyl (C=S) groups is 1. The van der Waals surface area contributed by atoms with Gasteiger partial charge in [-0.05, 0) is 62.3 Å². The van der Waals surface area contributed by atoms with E-state index in [0.717, 1.165) is 24.3 Å². The second kappa shape index (κ2) is 12.9. The van der Waals surface area contributed by atoms with Gasteiger partial charge in [-0.25, -0.2) is 0 Å². The van der Waals surface area contributed by atoms with Crippen LogP contribution in [-0.4, -0.2) is 23.7 Å². The van der Waals surface area contributed by atoms with Crippen LogP contribution in [0.1, 0.15) is 63.2 Å². The van der Waals surface area contributed by atoms with Crippen molar-refractivity contribution in [3.63, 3.8) is 0 Å². The van der Waals surface area contributed by atoms with Gasteiger partial charge < -0.3 is 14.8 Å². The van der Waals surface area contributed by atoms with Crippen molar-refractivity contribution in [3.8, 4) is 11.5 Å². The number of amides is 1. The summed E-state index contributed by atoms with van der Waals surface area (Å²) in [6, 6.07) is 14.6. The average molecular weight is 429 g/mol. The number of hydrogen-bond donors (Lipinski definition) is 2.